The zero-order valence-electron chi connectivity index (χ0n) is 7.41. The lowest BCUT2D eigenvalue weighted by Crippen LogP contribution is -2.03. The van der Waals surface area contributed by atoms with E-state index in [4.69, 9.17) is 0 Å². The summed E-state index contributed by atoms with van der Waals surface area (Å²) in [5.41, 5.74) is 2.53. The number of rotatable bonds is 0. The Morgan fingerprint density at radius 1 is 1.50 bits per heavy atom. The van der Waals surface area contributed by atoms with Gasteiger partial charge in [0.25, 0.3) is 0 Å². The summed E-state index contributed by atoms with van der Waals surface area (Å²) in [5, 5.41) is 0. The molecule has 1 saturated carbocycles. The van der Waals surface area contributed by atoms with Gasteiger partial charge < -0.3 is 4.57 Å². The van der Waals surface area contributed by atoms with Crippen LogP contribution in [0.15, 0.2) is 6.08 Å². The van der Waals surface area contributed by atoms with Gasteiger partial charge >= 0.3 is 0 Å². The molecule has 0 aromatic carbocycles. The zero-order chi connectivity index (χ0) is 8.29. The summed E-state index contributed by atoms with van der Waals surface area (Å²) in [6.07, 6.45) is 5.78. The molecule has 0 saturated heterocycles. The van der Waals surface area contributed by atoms with E-state index in [9.17, 15) is 0 Å². The molecule has 2 aliphatic rings. The van der Waals surface area contributed by atoms with Crippen molar-refractivity contribution >= 4 is 6.08 Å². The van der Waals surface area contributed by atoms with Gasteiger partial charge in [0.15, 0.2) is 0 Å². The van der Waals surface area contributed by atoms with Crippen molar-refractivity contribution in [1.82, 2.24) is 9.55 Å². The van der Waals surface area contributed by atoms with Crippen molar-refractivity contribution in [2.75, 3.05) is 0 Å². The molecule has 0 N–H and O–H groups in total. The highest BCUT2D eigenvalue weighted by Crippen LogP contribution is 2.48. The van der Waals surface area contributed by atoms with Crippen LogP contribution in [0.2, 0.25) is 0 Å². The monoisotopic (exact) mass is 160 g/mol. The van der Waals surface area contributed by atoms with Gasteiger partial charge in [0.1, 0.15) is 5.82 Å². The van der Waals surface area contributed by atoms with Crippen molar-refractivity contribution < 1.29 is 0 Å². The molecule has 1 aromatic rings. The molecule has 3 rings (SSSR count). The molecule has 62 valence electrons. The molecule has 1 fully saturated rings. The molecule has 1 aliphatic carbocycles. The summed E-state index contributed by atoms with van der Waals surface area (Å²) in [6.45, 7) is 4.26. The molecule has 2 heterocycles. The Labute approximate surface area is 71.9 Å². The third-order valence-electron chi connectivity index (χ3n) is 3.04. The quantitative estimate of drug-likeness (QED) is 0.568. The molecular formula is C10H12N2. The van der Waals surface area contributed by atoms with E-state index in [2.05, 4.69) is 35.6 Å². The lowest BCUT2D eigenvalue weighted by Gasteiger charge is -2.09. The number of hydrogen-bond acceptors (Lipinski definition) is 1. The highest BCUT2D eigenvalue weighted by molar-refractivity contribution is 5.48. The normalized spacial score (nSPS) is 29.8. The first-order valence-corrected chi connectivity index (χ1v) is 4.51. The van der Waals surface area contributed by atoms with E-state index in [0.29, 0.717) is 0 Å². The van der Waals surface area contributed by atoms with Crippen LogP contribution >= 0.6 is 0 Å². The first-order valence-electron chi connectivity index (χ1n) is 4.51. The summed E-state index contributed by atoms with van der Waals surface area (Å²) in [4.78, 5) is 4.50. The van der Waals surface area contributed by atoms with E-state index < -0.39 is 0 Å². The van der Waals surface area contributed by atoms with E-state index >= 15 is 0 Å². The van der Waals surface area contributed by atoms with Gasteiger partial charge in [0, 0.05) is 17.7 Å². The Bertz CT molecular complexity index is 373. The third kappa shape index (κ3) is 0.631. The second kappa shape index (κ2) is 1.82. The first-order chi connectivity index (χ1) is 5.77. The Morgan fingerprint density at radius 3 is 3.17 bits per heavy atom. The van der Waals surface area contributed by atoms with Gasteiger partial charge in [-0.05, 0) is 26.3 Å². The van der Waals surface area contributed by atoms with Crippen LogP contribution in [0.5, 0.6) is 0 Å². The van der Waals surface area contributed by atoms with Crippen molar-refractivity contribution in [2.24, 2.45) is 5.92 Å². The fraction of sp³-hybridized carbons (Fsp3) is 0.500. The lowest BCUT2D eigenvalue weighted by molar-refractivity contribution is 0.670. The molecule has 0 radical (unpaired) electrons. The highest BCUT2D eigenvalue weighted by Gasteiger charge is 2.40. The maximum Gasteiger partial charge on any atom is 0.133 e. The Balaban J connectivity index is 2.27. The van der Waals surface area contributed by atoms with Crippen LogP contribution in [0.1, 0.15) is 29.7 Å². The molecule has 0 bridgehead atoms. The highest BCUT2D eigenvalue weighted by atomic mass is 15.2. The van der Waals surface area contributed by atoms with Crippen molar-refractivity contribution in [2.45, 2.75) is 26.3 Å². The molecule has 0 spiro atoms. The van der Waals surface area contributed by atoms with Gasteiger partial charge in [0.2, 0.25) is 0 Å². The molecule has 1 aliphatic heterocycles. The van der Waals surface area contributed by atoms with Crippen LogP contribution in [0.4, 0.5) is 0 Å². The van der Waals surface area contributed by atoms with Gasteiger partial charge in [-0.25, -0.2) is 4.98 Å². The van der Waals surface area contributed by atoms with E-state index in [1.54, 1.807) is 0 Å². The number of hydrogen-bond donors (Lipinski definition) is 0. The maximum absolute atomic E-state index is 4.50. The van der Waals surface area contributed by atoms with E-state index in [1.165, 1.54) is 17.8 Å². The standard InChI is InChI=1S/C10H12N2/c1-6-7(2)12-9-5-8(9)3-4-10(12)11-6/h3-4,8-9H,5H2,1-2H3. The number of allylic oxidation sites excluding steroid dienone is 1. The average molecular weight is 160 g/mol. The van der Waals surface area contributed by atoms with Crippen molar-refractivity contribution in [1.29, 1.82) is 0 Å². The van der Waals surface area contributed by atoms with Crippen LogP contribution < -0.4 is 0 Å². The van der Waals surface area contributed by atoms with Crippen LogP contribution in [-0.4, -0.2) is 9.55 Å². The lowest BCUT2D eigenvalue weighted by atomic mass is 10.3. The fourth-order valence-electron chi connectivity index (χ4n) is 2.10. The van der Waals surface area contributed by atoms with Gasteiger partial charge in [-0.15, -0.1) is 0 Å². The topological polar surface area (TPSA) is 17.8 Å². The second-order valence-corrected chi connectivity index (χ2v) is 3.84. The zero-order valence-corrected chi connectivity index (χ0v) is 7.41. The van der Waals surface area contributed by atoms with Gasteiger partial charge in [-0.1, -0.05) is 6.08 Å². The first kappa shape index (κ1) is 6.46. The number of aromatic nitrogens is 2. The number of nitrogens with zero attached hydrogens (tertiary/aromatic N) is 2. The summed E-state index contributed by atoms with van der Waals surface area (Å²) in [5.74, 6) is 1.97. The van der Waals surface area contributed by atoms with Gasteiger partial charge in [0.05, 0.1) is 5.69 Å². The van der Waals surface area contributed by atoms with Crippen molar-refractivity contribution in [3.8, 4) is 0 Å². The van der Waals surface area contributed by atoms with Crippen LogP contribution in [-0.2, 0) is 0 Å². The molecule has 2 atom stereocenters. The predicted molar refractivity (Wildman–Crippen MR) is 47.9 cm³/mol. The number of imidazole rings is 1. The van der Waals surface area contributed by atoms with Crippen LogP contribution in [0.25, 0.3) is 6.08 Å². The van der Waals surface area contributed by atoms with E-state index in [0.717, 1.165) is 17.8 Å². The van der Waals surface area contributed by atoms with Crippen LogP contribution in [0, 0.1) is 19.8 Å². The van der Waals surface area contributed by atoms with Crippen molar-refractivity contribution in [3.63, 3.8) is 0 Å². The van der Waals surface area contributed by atoms with E-state index in [1.807, 2.05) is 0 Å². The third-order valence-corrected chi connectivity index (χ3v) is 3.04. The Morgan fingerprint density at radius 2 is 2.33 bits per heavy atom. The Hall–Kier alpha value is -1.05. The van der Waals surface area contributed by atoms with Gasteiger partial charge in [-0.2, -0.15) is 0 Å². The van der Waals surface area contributed by atoms with E-state index in [-0.39, 0.29) is 0 Å². The molecule has 2 unspecified atom stereocenters. The Kier molecular flexibility index (Phi) is 0.978. The van der Waals surface area contributed by atoms with Gasteiger partial charge in [-0.3, -0.25) is 0 Å². The molecule has 2 heteroatoms. The summed E-state index contributed by atoms with van der Waals surface area (Å²) in [7, 11) is 0. The second-order valence-electron chi connectivity index (χ2n) is 3.84. The summed E-state index contributed by atoms with van der Waals surface area (Å²) < 4.78 is 2.39. The van der Waals surface area contributed by atoms with Crippen molar-refractivity contribution in [3.05, 3.63) is 23.3 Å². The smallest absolute Gasteiger partial charge is 0.133 e. The molecule has 0 amide bonds. The largest absolute Gasteiger partial charge is 0.325 e. The minimum atomic E-state index is 0.742. The fourth-order valence-corrected chi connectivity index (χ4v) is 2.10. The average Bonchev–Trinajstić information content (AvgIpc) is 2.76. The molecular weight excluding hydrogens is 148 g/mol. The summed E-state index contributed by atoms with van der Waals surface area (Å²) in [6, 6.07) is 0.742. The minimum absolute atomic E-state index is 0.742. The maximum atomic E-state index is 4.50. The van der Waals surface area contributed by atoms with Crippen LogP contribution in [0.3, 0.4) is 0 Å². The minimum Gasteiger partial charge on any atom is -0.325 e. The molecule has 1 aromatic heterocycles. The predicted octanol–water partition coefficient (Wildman–Crippen LogP) is 2.09. The molecule has 12 heavy (non-hydrogen) atoms. The summed E-state index contributed by atoms with van der Waals surface area (Å²) >= 11 is 0. The number of aryl methyl sites for hydroxylation is 1. The number of fused-ring (bicyclic) bond motifs is 3. The SMILES string of the molecule is Cc1nc2n(c1C)C1CC1C=C2. The molecule has 2 nitrogen and oxygen atoms in total.